The average molecular weight is 478 g/mol. The molecule has 2 aromatic carbocycles. The van der Waals surface area contributed by atoms with Crippen LogP contribution in [0.2, 0.25) is 5.02 Å². The SMILES string of the molecule is CCC(c1ccncc1Cl)C(c1ccc(C=CC(N)=[NH+]NN)cc1)c1ccc2scnc2c1. The Balaban J connectivity index is 1.77. The second kappa shape index (κ2) is 10.6. The van der Waals surface area contributed by atoms with Gasteiger partial charge in [0.15, 0.2) is 0 Å². The highest BCUT2D eigenvalue weighted by Gasteiger charge is 2.27. The topological polar surface area (TPSA) is 104 Å². The maximum absolute atomic E-state index is 6.60. The summed E-state index contributed by atoms with van der Waals surface area (Å²) in [7, 11) is 0. The van der Waals surface area contributed by atoms with Crippen LogP contribution in [0.1, 0.15) is 47.4 Å². The first-order valence-corrected chi connectivity index (χ1v) is 11.9. The van der Waals surface area contributed by atoms with Crippen LogP contribution in [0.25, 0.3) is 16.3 Å². The van der Waals surface area contributed by atoms with Gasteiger partial charge < -0.3 is 0 Å². The van der Waals surface area contributed by atoms with Crippen molar-refractivity contribution in [3.05, 3.63) is 99.8 Å². The third kappa shape index (κ3) is 5.22. The highest BCUT2D eigenvalue weighted by Crippen LogP contribution is 2.43. The van der Waals surface area contributed by atoms with Crippen LogP contribution < -0.4 is 22.2 Å². The van der Waals surface area contributed by atoms with Crippen LogP contribution in [-0.4, -0.2) is 15.8 Å². The van der Waals surface area contributed by atoms with E-state index in [2.05, 4.69) is 70.0 Å². The van der Waals surface area contributed by atoms with Gasteiger partial charge in [-0.15, -0.1) is 11.3 Å². The quantitative estimate of drug-likeness (QED) is 0.134. The third-order valence-electron chi connectivity index (χ3n) is 5.73. The Bertz CT molecular complexity index is 1280. The van der Waals surface area contributed by atoms with Gasteiger partial charge in [-0.2, -0.15) is 10.6 Å². The Hall–Kier alpha value is -3.26. The Morgan fingerprint density at radius 3 is 2.70 bits per heavy atom. The molecule has 0 bridgehead atoms. The Morgan fingerprint density at radius 2 is 1.97 bits per heavy atom. The molecule has 0 aliphatic rings. The molecule has 2 aromatic heterocycles. The summed E-state index contributed by atoms with van der Waals surface area (Å²) in [5.41, 5.74) is 15.6. The van der Waals surface area contributed by atoms with Crippen LogP contribution in [0.3, 0.4) is 0 Å². The van der Waals surface area contributed by atoms with Crippen molar-refractivity contribution >= 4 is 45.1 Å². The second-order valence-corrected chi connectivity index (χ2v) is 8.99. The van der Waals surface area contributed by atoms with E-state index in [4.69, 9.17) is 23.2 Å². The molecule has 0 aliphatic heterocycles. The van der Waals surface area contributed by atoms with E-state index in [0.29, 0.717) is 10.9 Å². The van der Waals surface area contributed by atoms with Gasteiger partial charge in [0, 0.05) is 24.4 Å². The number of aromatic nitrogens is 2. The van der Waals surface area contributed by atoms with Crippen molar-refractivity contribution in [2.75, 3.05) is 0 Å². The van der Waals surface area contributed by atoms with Crippen molar-refractivity contribution < 1.29 is 5.10 Å². The molecule has 33 heavy (non-hydrogen) atoms. The molecule has 0 saturated heterocycles. The number of amidine groups is 1. The molecule has 2 atom stereocenters. The van der Waals surface area contributed by atoms with Gasteiger partial charge in [-0.25, -0.2) is 10.8 Å². The van der Waals surface area contributed by atoms with Gasteiger partial charge in [0.2, 0.25) is 0 Å². The van der Waals surface area contributed by atoms with Gasteiger partial charge in [0.1, 0.15) is 0 Å². The molecule has 2 unspecified atom stereocenters. The van der Waals surface area contributed by atoms with E-state index < -0.39 is 0 Å². The highest BCUT2D eigenvalue weighted by atomic mass is 35.5. The molecule has 168 valence electrons. The monoisotopic (exact) mass is 477 g/mol. The van der Waals surface area contributed by atoms with E-state index in [1.165, 1.54) is 15.8 Å². The van der Waals surface area contributed by atoms with Crippen molar-refractivity contribution in [2.24, 2.45) is 11.6 Å². The number of benzene rings is 2. The molecular formula is C25H26ClN6S+. The van der Waals surface area contributed by atoms with Gasteiger partial charge in [0.25, 0.3) is 5.84 Å². The van der Waals surface area contributed by atoms with Crippen molar-refractivity contribution in [2.45, 2.75) is 25.2 Å². The fourth-order valence-corrected chi connectivity index (χ4v) is 5.09. The maximum atomic E-state index is 6.60. The lowest BCUT2D eigenvalue weighted by Crippen LogP contribution is -2.86. The number of hydrogen-bond donors (Lipinski definition) is 4. The molecule has 6 N–H and O–H groups in total. The molecule has 0 saturated carbocycles. The summed E-state index contributed by atoms with van der Waals surface area (Å²) in [6.07, 6.45) is 8.14. The number of hydrogen-bond acceptors (Lipinski definition) is 5. The van der Waals surface area contributed by atoms with Gasteiger partial charge in [-0.05, 0) is 58.9 Å². The fourth-order valence-electron chi connectivity index (χ4n) is 4.17. The number of nitrogens with two attached hydrogens (primary N) is 2. The number of thiazole rings is 1. The number of rotatable bonds is 8. The standard InChI is InChI=1S/C25H25ClN6S/c1-2-19(20-11-12-29-14-21(20)26)25(18-8-9-23-22(13-18)30-15-33-23)17-6-3-16(4-7-17)5-10-24(27)31-32-28/h3-15,19,25,32H,2,28H2,1H3,(H2,27,31)/p+1. The summed E-state index contributed by atoms with van der Waals surface area (Å²) in [6, 6.07) is 17.1. The van der Waals surface area contributed by atoms with Crippen LogP contribution >= 0.6 is 22.9 Å². The van der Waals surface area contributed by atoms with E-state index in [0.717, 1.165) is 23.1 Å². The van der Waals surface area contributed by atoms with Crippen LogP contribution in [0.5, 0.6) is 0 Å². The van der Waals surface area contributed by atoms with Crippen LogP contribution in [-0.2, 0) is 0 Å². The Labute approximate surface area is 202 Å². The maximum Gasteiger partial charge on any atom is 0.289 e. The molecule has 0 radical (unpaired) electrons. The summed E-state index contributed by atoms with van der Waals surface area (Å²) < 4.78 is 1.18. The van der Waals surface area contributed by atoms with Gasteiger partial charge in [-0.3, -0.25) is 10.7 Å². The molecule has 4 aromatic rings. The van der Waals surface area contributed by atoms with E-state index >= 15 is 0 Å². The zero-order valence-corrected chi connectivity index (χ0v) is 19.8. The van der Waals surface area contributed by atoms with Gasteiger partial charge in [-0.1, -0.05) is 48.9 Å². The molecule has 8 heteroatoms. The summed E-state index contributed by atoms with van der Waals surface area (Å²) in [4.78, 5) is 8.72. The van der Waals surface area contributed by atoms with Crippen molar-refractivity contribution in [3.8, 4) is 0 Å². The summed E-state index contributed by atoms with van der Waals surface area (Å²) >= 11 is 8.25. The third-order valence-corrected chi connectivity index (χ3v) is 6.85. The van der Waals surface area contributed by atoms with Crippen LogP contribution in [0.15, 0.2) is 72.5 Å². The molecule has 2 heterocycles. The molecule has 0 spiro atoms. The minimum atomic E-state index is 0.110. The van der Waals surface area contributed by atoms with Crippen LogP contribution in [0, 0.1) is 0 Å². The fraction of sp³-hybridized carbons (Fsp3) is 0.160. The summed E-state index contributed by atoms with van der Waals surface area (Å²) in [5.74, 6) is 5.94. The number of halogens is 1. The lowest BCUT2D eigenvalue weighted by atomic mass is 9.76. The summed E-state index contributed by atoms with van der Waals surface area (Å²) in [5, 5.41) is 3.33. The van der Waals surface area contributed by atoms with Crippen molar-refractivity contribution in [1.82, 2.24) is 15.5 Å². The average Bonchev–Trinajstić information content (AvgIpc) is 3.30. The van der Waals surface area contributed by atoms with E-state index in [-0.39, 0.29) is 11.8 Å². The lowest BCUT2D eigenvalue weighted by molar-refractivity contribution is -0.528. The van der Waals surface area contributed by atoms with Gasteiger partial charge >= 0.3 is 0 Å². The zero-order chi connectivity index (χ0) is 23.2. The molecule has 6 nitrogen and oxygen atoms in total. The number of hydrazine groups is 2. The normalized spacial score (nSPS) is 14.0. The number of nitrogens with zero attached hydrogens (tertiary/aromatic N) is 2. The Kier molecular flexibility index (Phi) is 7.34. The number of pyridine rings is 1. The lowest BCUT2D eigenvalue weighted by Gasteiger charge is -2.28. The molecule has 4 rings (SSSR count). The largest absolute Gasteiger partial charge is 0.289 e. The molecule has 0 amide bonds. The van der Waals surface area contributed by atoms with E-state index in [9.17, 15) is 0 Å². The molecule has 0 fully saturated rings. The summed E-state index contributed by atoms with van der Waals surface area (Å²) in [6.45, 7) is 2.20. The predicted octanol–water partition coefficient (Wildman–Crippen LogP) is 3.50. The predicted molar refractivity (Wildman–Crippen MR) is 137 cm³/mol. The smallest absolute Gasteiger partial charge is 0.286 e. The van der Waals surface area contributed by atoms with E-state index in [1.54, 1.807) is 23.6 Å². The first kappa shape index (κ1) is 22.9. The molecular weight excluding hydrogens is 452 g/mol. The van der Waals surface area contributed by atoms with Crippen LogP contribution in [0.4, 0.5) is 0 Å². The van der Waals surface area contributed by atoms with Gasteiger partial charge in [0.05, 0.1) is 20.7 Å². The highest BCUT2D eigenvalue weighted by molar-refractivity contribution is 7.16. The van der Waals surface area contributed by atoms with E-state index in [1.807, 2.05) is 23.8 Å². The number of nitrogens with one attached hydrogen (secondary N) is 2. The first-order chi connectivity index (χ1) is 16.1. The number of hydrazone groups is 1. The second-order valence-electron chi connectivity index (χ2n) is 7.69. The Morgan fingerprint density at radius 1 is 1.18 bits per heavy atom. The minimum absolute atomic E-state index is 0.110. The molecule has 0 aliphatic carbocycles. The van der Waals surface area contributed by atoms with Crippen molar-refractivity contribution in [1.29, 1.82) is 0 Å². The number of fused-ring (bicyclic) bond motifs is 1. The first-order valence-electron chi connectivity index (χ1n) is 10.6. The zero-order valence-electron chi connectivity index (χ0n) is 18.2. The minimum Gasteiger partial charge on any atom is -0.286 e. The van der Waals surface area contributed by atoms with Crippen molar-refractivity contribution in [3.63, 3.8) is 0 Å².